The van der Waals surface area contributed by atoms with Crippen LogP contribution in [0.1, 0.15) is 47.1 Å². The monoisotopic (exact) mass is 356 g/mol. The zero-order valence-corrected chi connectivity index (χ0v) is 16.1. The minimum absolute atomic E-state index is 0.151. The molecule has 0 unspecified atom stereocenters. The molecule has 140 valence electrons. The van der Waals surface area contributed by atoms with Crippen LogP contribution in [0.25, 0.3) is 0 Å². The van der Waals surface area contributed by atoms with Gasteiger partial charge in [0.2, 0.25) is 5.95 Å². The lowest BCUT2D eigenvalue weighted by Crippen LogP contribution is -2.35. The number of carbonyl (C=O) groups is 1. The lowest BCUT2D eigenvalue weighted by Gasteiger charge is -2.30. The van der Waals surface area contributed by atoms with Crippen LogP contribution in [0, 0.1) is 26.7 Å². The maximum absolute atomic E-state index is 12.3. The number of amides is 1. The van der Waals surface area contributed by atoms with E-state index >= 15 is 0 Å². The van der Waals surface area contributed by atoms with Gasteiger partial charge < -0.3 is 10.2 Å². The number of nitrogens with zero attached hydrogens (tertiary/aromatic N) is 5. The van der Waals surface area contributed by atoms with Crippen LogP contribution < -0.4 is 10.2 Å². The van der Waals surface area contributed by atoms with E-state index in [9.17, 15) is 4.79 Å². The number of carbonyl (C=O) groups excluding carboxylic acids is 1. The number of aromatic nitrogens is 4. The summed E-state index contributed by atoms with van der Waals surface area (Å²) in [6.45, 7) is 11.5. The molecule has 0 spiro atoms. The van der Waals surface area contributed by atoms with Crippen LogP contribution in [0.4, 0.5) is 5.95 Å². The molecule has 1 saturated heterocycles. The Labute approximate surface area is 154 Å². The van der Waals surface area contributed by atoms with Gasteiger partial charge in [0.15, 0.2) is 0 Å². The minimum Gasteiger partial charge on any atom is -0.350 e. The normalized spacial score (nSPS) is 17.4. The molecule has 1 fully saturated rings. The Morgan fingerprint density at radius 3 is 2.62 bits per heavy atom. The molecule has 1 N–H and O–H groups in total. The van der Waals surface area contributed by atoms with Crippen LogP contribution in [0.3, 0.4) is 0 Å². The fraction of sp³-hybridized carbons (Fsp3) is 0.579. The number of nitrogens with one attached hydrogen (secondary N) is 1. The van der Waals surface area contributed by atoms with Crippen molar-refractivity contribution in [3.05, 3.63) is 34.9 Å². The predicted molar refractivity (Wildman–Crippen MR) is 101 cm³/mol. The third-order valence-corrected chi connectivity index (χ3v) is 5.19. The van der Waals surface area contributed by atoms with Gasteiger partial charge in [-0.05, 0) is 45.1 Å². The van der Waals surface area contributed by atoms with Crippen molar-refractivity contribution in [3.63, 3.8) is 0 Å². The van der Waals surface area contributed by atoms with E-state index in [1.807, 2.05) is 18.5 Å². The average molecular weight is 356 g/mol. The maximum Gasteiger partial charge on any atom is 0.254 e. The molecule has 1 amide bonds. The van der Waals surface area contributed by atoms with E-state index in [0.717, 1.165) is 24.5 Å². The summed E-state index contributed by atoms with van der Waals surface area (Å²) in [4.78, 5) is 23.3. The van der Waals surface area contributed by atoms with E-state index < -0.39 is 0 Å². The van der Waals surface area contributed by atoms with Crippen molar-refractivity contribution in [2.75, 3.05) is 24.5 Å². The number of piperidine rings is 1. The first-order valence-corrected chi connectivity index (χ1v) is 9.31. The molecule has 3 heterocycles. The Morgan fingerprint density at radius 1 is 1.27 bits per heavy atom. The van der Waals surface area contributed by atoms with Gasteiger partial charge in [0.1, 0.15) is 0 Å². The summed E-state index contributed by atoms with van der Waals surface area (Å²) in [5.41, 5.74) is 3.86. The van der Waals surface area contributed by atoms with Gasteiger partial charge in [-0.25, -0.2) is 9.97 Å². The topological polar surface area (TPSA) is 75.9 Å². The molecule has 1 aliphatic heterocycles. The molecular formula is C19H28N6O. The largest absolute Gasteiger partial charge is 0.350 e. The van der Waals surface area contributed by atoms with Gasteiger partial charge in [-0.3, -0.25) is 9.48 Å². The molecule has 0 aliphatic carbocycles. The lowest BCUT2D eigenvalue weighted by molar-refractivity contribution is 0.0951. The quantitative estimate of drug-likeness (QED) is 0.889. The minimum atomic E-state index is -0.151. The van der Waals surface area contributed by atoms with Crippen molar-refractivity contribution < 1.29 is 4.79 Å². The van der Waals surface area contributed by atoms with E-state index in [0.29, 0.717) is 30.5 Å². The summed E-state index contributed by atoms with van der Waals surface area (Å²) >= 11 is 0. The summed E-state index contributed by atoms with van der Waals surface area (Å²) in [5, 5.41) is 7.40. The van der Waals surface area contributed by atoms with E-state index in [-0.39, 0.29) is 5.91 Å². The molecule has 1 aliphatic rings. The Bertz CT molecular complexity index is 767. The highest BCUT2D eigenvalue weighted by Gasteiger charge is 2.19. The number of rotatable bonds is 5. The van der Waals surface area contributed by atoms with E-state index in [1.54, 1.807) is 12.4 Å². The van der Waals surface area contributed by atoms with Crippen molar-refractivity contribution in [1.82, 2.24) is 25.1 Å². The average Bonchev–Trinajstić information content (AvgIpc) is 2.89. The highest BCUT2D eigenvalue weighted by Crippen LogP contribution is 2.19. The van der Waals surface area contributed by atoms with Gasteiger partial charge in [0, 0.05) is 37.7 Å². The smallest absolute Gasteiger partial charge is 0.254 e. The highest BCUT2D eigenvalue weighted by molar-refractivity contribution is 5.93. The molecule has 0 aromatic carbocycles. The molecule has 2 aromatic heterocycles. The highest BCUT2D eigenvalue weighted by atomic mass is 16.1. The maximum atomic E-state index is 12.3. The summed E-state index contributed by atoms with van der Waals surface area (Å²) < 4.78 is 1.93. The van der Waals surface area contributed by atoms with Gasteiger partial charge in [-0.15, -0.1) is 0 Å². The Morgan fingerprint density at radius 2 is 2.00 bits per heavy atom. The summed E-state index contributed by atoms with van der Waals surface area (Å²) in [7, 11) is 0. The van der Waals surface area contributed by atoms with E-state index in [4.69, 9.17) is 0 Å². The second-order valence-corrected chi connectivity index (χ2v) is 7.24. The number of hydrogen-bond donors (Lipinski definition) is 1. The third-order valence-electron chi connectivity index (χ3n) is 5.19. The Hall–Kier alpha value is -2.44. The molecule has 0 bridgehead atoms. The molecular weight excluding hydrogens is 328 g/mol. The van der Waals surface area contributed by atoms with Crippen LogP contribution >= 0.6 is 0 Å². The SMILES string of the molecule is Cc1nn(CCNC(=O)c2cnc(N3CCC[C@@H](C)C3)nc2)c(C)c1C. The summed E-state index contributed by atoms with van der Waals surface area (Å²) in [6, 6.07) is 0. The first kappa shape index (κ1) is 18.4. The van der Waals surface area contributed by atoms with Gasteiger partial charge in [0.05, 0.1) is 17.8 Å². The molecule has 2 aromatic rings. The second kappa shape index (κ2) is 7.85. The molecule has 0 radical (unpaired) electrons. The lowest BCUT2D eigenvalue weighted by atomic mass is 10.0. The van der Waals surface area contributed by atoms with E-state index in [2.05, 4.69) is 39.1 Å². The van der Waals surface area contributed by atoms with Gasteiger partial charge in [-0.2, -0.15) is 5.10 Å². The number of hydrogen-bond acceptors (Lipinski definition) is 5. The van der Waals surface area contributed by atoms with Crippen LogP contribution in [-0.4, -0.2) is 45.3 Å². The number of aryl methyl sites for hydroxylation is 1. The Kier molecular flexibility index (Phi) is 5.54. The number of anilines is 1. The van der Waals surface area contributed by atoms with Gasteiger partial charge >= 0.3 is 0 Å². The van der Waals surface area contributed by atoms with Crippen molar-refractivity contribution in [2.45, 2.75) is 47.1 Å². The van der Waals surface area contributed by atoms with Crippen molar-refractivity contribution in [1.29, 1.82) is 0 Å². The molecule has 0 saturated carbocycles. The van der Waals surface area contributed by atoms with Crippen LogP contribution in [0.15, 0.2) is 12.4 Å². The molecule has 26 heavy (non-hydrogen) atoms. The molecule has 1 atom stereocenters. The molecule has 7 heteroatoms. The van der Waals surface area contributed by atoms with Crippen molar-refractivity contribution >= 4 is 11.9 Å². The van der Waals surface area contributed by atoms with E-state index in [1.165, 1.54) is 18.4 Å². The molecule has 3 rings (SSSR count). The van der Waals surface area contributed by atoms with Crippen molar-refractivity contribution in [3.8, 4) is 0 Å². The van der Waals surface area contributed by atoms with Crippen LogP contribution in [0.5, 0.6) is 0 Å². The third kappa shape index (κ3) is 4.03. The van der Waals surface area contributed by atoms with Crippen molar-refractivity contribution in [2.24, 2.45) is 5.92 Å². The van der Waals surface area contributed by atoms with Gasteiger partial charge in [0.25, 0.3) is 5.91 Å². The fourth-order valence-electron chi connectivity index (χ4n) is 3.35. The Balaban J connectivity index is 1.54. The predicted octanol–water partition coefficient (Wildman–Crippen LogP) is 2.26. The first-order chi connectivity index (χ1) is 12.5. The summed E-state index contributed by atoms with van der Waals surface area (Å²) in [6.07, 6.45) is 5.65. The second-order valence-electron chi connectivity index (χ2n) is 7.24. The first-order valence-electron chi connectivity index (χ1n) is 9.31. The van der Waals surface area contributed by atoms with Gasteiger partial charge in [-0.1, -0.05) is 6.92 Å². The summed E-state index contributed by atoms with van der Waals surface area (Å²) in [5.74, 6) is 1.22. The standard InChI is InChI=1S/C19H28N6O/c1-13-6-5-8-24(12-13)19-21-10-17(11-22-19)18(26)20-7-9-25-16(4)14(2)15(3)23-25/h10-11,13H,5-9,12H2,1-4H3,(H,20,26)/t13-/m1/s1. The van der Waals surface area contributed by atoms with Crippen LogP contribution in [-0.2, 0) is 6.54 Å². The van der Waals surface area contributed by atoms with Crippen LogP contribution in [0.2, 0.25) is 0 Å². The zero-order chi connectivity index (χ0) is 18.7. The molecule has 7 nitrogen and oxygen atoms in total. The fourth-order valence-corrected chi connectivity index (χ4v) is 3.35. The zero-order valence-electron chi connectivity index (χ0n) is 16.1.